The Bertz CT molecular complexity index is 495. The zero-order valence-electron chi connectivity index (χ0n) is 10.1. The molecule has 0 saturated heterocycles. The van der Waals surface area contributed by atoms with Gasteiger partial charge in [0.15, 0.2) is 0 Å². The van der Waals surface area contributed by atoms with Gasteiger partial charge in [0.1, 0.15) is 0 Å². The molecule has 0 aromatic heterocycles. The van der Waals surface area contributed by atoms with E-state index < -0.39 is 47.3 Å². The van der Waals surface area contributed by atoms with E-state index in [0.717, 1.165) is 0 Å². The van der Waals surface area contributed by atoms with Crippen LogP contribution in [0.15, 0.2) is 0 Å². The molecule has 0 amide bonds. The molecule has 0 fully saturated rings. The van der Waals surface area contributed by atoms with Crippen molar-refractivity contribution in [1.82, 2.24) is 4.90 Å². The maximum atomic E-state index is 10.8. The van der Waals surface area contributed by atoms with Crippen LogP contribution in [0.25, 0.3) is 0 Å². The van der Waals surface area contributed by atoms with E-state index in [4.69, 9.17) is 15.4 Å². The van der Waals surface area contributed by atoms with Crippen LogP contribution in [-0.4, -0.2) is 67.0 Å². The number of sulfonamides is 3. The second kappa shape index (κ2) is 6.92. The molecular formula is C6H18N4O6S3. The third kappa shape index (κ3) is 13.9. The Balaban J connectivity index is 4.55. The SMILES string of the molecule is NS(=O)(=O)CCN(CCS(N)(=O)=O)CCS(N)(=O)=O. The molecule has 0 aromatic carbocycles. The average Bonchev–Trinajstić information content (AvgIpc) is 2.11. The van der Waals surface area contributed by atoms with Crippen molar-refractivity contribution in [2.45, 2.75) is 0 Å². The van der Waals surface area contributed by atoms with Crippen molar-refractivity contribution >= 4 is 30.1 Å². The number of nitrogens with zero attached hydrogens (tertiary/aromatic N) is 1. The van der Waals surface area contributed by atoms with Crippen molar-refractivity contribution in [3.8, 4) is 0 Å². The lowest BCUT2D eigenvalue weighted by Crippen LogP contribution is -2.39. The van der Waals surface area contributed by atoms with Crippen LogP contribution in [0.3, 0.4) is 0 Å². The molecule has 0 aliphatic rings. The first-order chi connectivity index (χ1) is 8.29. The van der Waals surface area contributed by atoms with Crippen LogP contribution < -0.4 is 15.4 Å². The summed E-state index contributed by atoms with van der Waals surface area (Å²) < 4.78 is 64.8. The predicted molar refractivity (Wildman–Crippen MR) is 70.4 cm³/mol. The van der Waals surface area contributed by atoms with Crippen LogP contribution in [0, 0.1) is 0 Å². The zero-order valence-corrected chi connectivity index (χ0v) is 12.5. The van der Waals surface area contributed by atoms with Crippen molar-refractivity contribution in [2.75, 3.05) is 36.9 Å². The summed E-state index contributed by atoms with van der Waals surface area (Å²) in [5.41, 5.74) is 0. The molecule has 116 valence electrons. The molecule has 0 rings (SSSR count). The fraction of sp³-hybridized carbons (Fsp3) is 1.00. The first kappa shape index (κ1) is 18.7. The second-order valence-corrected chi connectivity index (χ2v) is 9.14. The van der Waals surface area contributed by atoms with Gasteiger partial charge >= 0.3 is 0 Å². The van der Waals surface area contributed by atoms with Gasteiger partial charge in [-0.05, 0) is 0 Å². The van der Waals surface area contributed by atoms with Gasteiger partial charge in [-0.1, -0.05) is 0 Å². The quantitative estimate of drug-likeness (QED) is 0.384. The smallest absolute Gasteiger partial charge is 0.210 e. The van der Waals surface area contributed by atoms with E-state index in [0.29, 0.717) is 0 Å². The summed E-state index contributed by atoms with van der Waals surface area (Å²) in [4.78, 5) is 1.30. The van der Waals surface area contributed by atoms with Crippen LogP contribution in [0.5, 0.6) is 0 Å². The number of hydrogen-bond acceptors (Lipinski definition) is 7. The third-order valence-corrected chi connectivity index (χ3v) is 4.33. The second-order valence-electron chi connectivity index (χ2n) is 3.94. The van der Waals surface area contributed by atoms with Gasteiger partial charge < -0.3 is 4.90 Å². The van der Waals surface area contributed by atoms with E-state index in [1.165, 1.54) is 4.90 Å². The number of nitrogens with two attached hydrogens (primary N) is 3. The lowest BCUT2D eigenvalue weighted by atomic mass is 10.5. The number of primary sulfonamides is 3. The molecule has 13 heteroatoms. The molecule has 0 radical (unpaired) electrons. The van der Waals surface area contributed by atoms with Gasteiger partial charge in [0, 0.05) is 19.6 Å². The molecule has 19 heavy (non-hydrogen) atoms. The van der Waals surface area contributed by atoms with Crippen molar-refractivity contribution in [1.29, 1.82) is 0 Å². The highest BCUT2D eigenvalue weighted by Crippen LogP contribution is 1.94. The lowest BCUT2D eigenvalue weighted by Gasteiger charge is -2.20. The predicted octanol–water partition coefficient (Wildman–Crippen LogP) is -3.85. The summed E-state index contributed by atoms with van der Waals surface area (Å²) in [7, 11) is -11.2. The van der Waals surface area contributed by atoms with E-state index in [2.05, 4.69) is 0 Å². The first-order valence-electron chi connectivity index (χ1n) is 5.02. The highest BCUT2D eigenvalue weighted by molar-refractivity contribution is 7.89. The van der Waals surface area contributed by atoms with Gasteiger partial charge in [-0.25, -0.2) is 40.7 Å². The maximum absolute atomic E-state index is 10.8. The van der Waals surface area contributed by atoms with Crippen molar-refractivity contribution in [2.24, 2.45) is 15.4 Å². The molecule has 0 atom stereocenters. The summed E-state index contributed by atoms with van der Waals surface area (Å²) in [5, 5.41) is 14.4. The Hall–Kier alpha value is -0.310. The van der Waals surface area contributed by atoms with E-state index >= 15 is 0 Å². The van der Waals surface area contributed by atoms with Gasteiger partial charge in [0.05, 0.1) is 17.3 Å². The molecule has 0 bridgehead atoms. The molecule has 0 spiro atoms. The highest BCUT2D eigenvalue weighted by atomic mass is 32.2. The molecule has 0 aliphatic carbocycles. The van der Waals surface area contributed by atoms with Crippen LogP contribution in [-0.2, 0) is 30.1 Å². The minimum absolute atomic E-state index is 0.107. The van der Waals surface area contributed by atoms with E-state index in [1.54, 1.807) is 0 Å². The van der Waals surface area contributed by atoms with Crippen molar-refractivity contribution < 1.29 is 25.3 Å². The standard InChI is InChI=1S/C6H18N4O6S3/c7-17(11,12)4-1-10(2-5-18(8,13)14)3-6-19(9,15)16/h1-6H2,(H2,7,11,12)(H2,8,13,14)(H2,9,15,16). The van der Waals surface area contributed by atoms with Crippen LogP contribution in [0.2, 0.25) is 0 Å². The van der Waals surface area contributed by atoms with Gasteiger partial charge in [-0.2, -0.15) is 0 Å². The van der Waals surface area contributed by atoms with Gasteiger partial charge in [0.2, 0.25) is 30.1 Å². The maximum Gasteiger partial charge on any atom is 0.210 e. The monoisotopic (exact) mass is 338 g/mol. The van der Waals surface area contributed by atoms with Crippen molar-refractivity contribution in [3.63, 3.8) is 0 Å². The Morgan fingerprint density at radius 1 is 0.579 bits per heavy atom. The van der Waals surface area contributed by atoms with Crippen molar-refractivity contribution in [3.05, 3.63) is 0 Å². The summed E-state index contributed by atoms with van der Waals surface area (Å²) in [6.07, 6.45) is 0. The number of hydrogen-bond donors (Lipinski definition) is 3. The topological polar surface area (TPSA) is 184 Å². The zero-order chi connectivity index (χ0) is 15.3. The highest BCUT2D eigenvalue weighted by Gasteiger charge is 2.15. The fourth-order valence-corrected chi connectivity index (χ4v) is 2.64. The van der Waals surface area contributed by atoms with Gasteiger partial charge in [-0.3, -0.25) is 0 Å². The minimum atomic E-state index is -3.73. The molecule has 10 nitrogen and oxygen atoms in total. The Kier molecular flexibility index (Phi) is 6.80. The fourth-order valence-electron chi connectivity index (χ4n) is 1.10. The van der Waals surface area contributed by atoms with Crippen LogP contribution in [0.1, 0.15) is 0 Å². The Labute approximate surface area is 113 Å². The largest absolute Gasteiger partial charge is 0.300 e. The molecule has 0 heterocycles. The minimum Gasteiger partial charge on any atom is -0.300 e. The molecular weight excluding hydrogens is 320 g/mol. The molecule has 6 N–H and O–H groups in total. The van der Waals surface area contributed by atoms with Crippen LogP contribution in [0.4, 0.5) is 0 Å². The van der Waals surface area contributed by atoms with E-state index in [9.17, 15) is 25.3 Å². The Morgan fingerprint density at radius 3 is 0.947 bits per heavy atom. The first-order valence-corrected chi connectivity index (χ1v) is 10.2. The molecule has 0 aliphatic heterocycles. The normalized spacial score (nSPS) is 13.9. The molecule has 0 saturated carbocycles. The number of rotatable bonds is 9. The summed E-state index contributed by atoms with van der Waals surface area (Å²) in [5.74, 6) is -1.29. The molecule has 0 aromatic rings. The van der Waals surface area contributed by atoms with E-state index in [-0.39, 0.29) is 19.6 Å². The van der Waals surface area contributed by atoms with E-state index in [1.807, 2.05) is 0 Å². The molecule has 0 unspecified atom stereocenters. The Morgan fingerprint density at radius 2 is 0.789 bits per heavy atom. The lowest BCUT2D eigenvalue weighted by molar-refractivity contribution is 0.323. The summed E-state index contributed by atoms with van der Waals surface area (Å²) in [6.45, 7) is -0.322. The van der Waals surface area contributed by atoms with Crippen LogP contribution >= 0.6 is 0 Å². The summed E-state index contributed by atoms with van der Waals surface area (Å²) >= 11 is 0. The van der Waals surface area contributed by atoms with Gasteiger partial charge in [-0.15, -0.1) is 0 Å². The average molecular weight is 338 g/mol. The van der Waals surface area contributed by atoms with Gasteiger partial charge in [0.25, 0.3) is 0 Å². The third-order valence-electron chi connectivity index (χ3n) is 2.08. The summed E-state index contributed by atoms with van der Waals surface area (Å²) in [6, 6.07) is 0.